The van der Waals surface area contributed by atoms with Crippen LogP contribution in [0, 0.1) is 0 Å². The van der Waals surface area contributed by atoms with Crippen molar-refractivity contribution >= 4 is 33.2 Å². The molecule has 5 heteroatoms. The summed E-state index contributed by atoms with van der Waals surface area (Å²) < 4.78 is 0.832. The molecule has 3 rings (SSSR count). The summed E-state index contributed by atoms with van der Waals surface area (Å²) in [5.74, 6) is -0.241. The molecular formula is C20H18BrN3O. The summed E-state index contributed by atoms with van der Waals surface area (Å²) in [7, 11) is 0. The number of rotatable bonds is 5. The number of hydrogen-bond donors (Lipinski definition) is 2. The maximum Gasteiger partial charge on any atom is 0.274 e. The summed E-state index contributed by atoms with van der Waals surface area (Å²) >= 11 is 3.41. The molecule has 1 atom stereocenters. The number of hydrogen-bond acceptors (Lipinski definition) is 3. The Bertz CT molecular complexity index is 850. The van der Waals surface area contributed by atoms with Gasteiger partial charge in [-0.2, -0.15) is 0 Å². The van der Waals surface area contributed by atoms with Gasteiger partial charge in [-0.25, -0.2) is 4.98 Å². The van der Waals surface area contributed by atoms with Gasteiger partial charge in [0.15, 0.2) is 0 Å². The van der Waals surface area contributed by atoms with Gasteiger partial charge in [0.25, 0.3) is 5.91 Å². The smallest absolute Gasteiger partial charge is 0.274 e. The van der Waals surface area contributed by atoms with Gasteiger partial charge in [0.05, 0.1) is 17.6 Å². The average Bonchev–Trinajstić information content (AvgIpc) is 2.65. The number of nitrogens with zero attached hydrogens (tertiary/aromatic N) is 1. The first-order chi connectivity index (χ1) is 12.1. The number of para-hydroxylation sites is 1. The van der Waals surface area contributed by atoms with Crippen LogP contribution >= 0.6 is 15.9 Å². The second kappa shape index (κ2) is 7.94. The van der Waals surface area contributed by atoms with Crippen LogP contribution < -0.4 is 10.6 Å². The molecule has 0 aliphatic carbocycles. The van der Waals surface area contributed by atoms with Gasteiger partial charge in [0.1, 0.15) is 5.69 Å². The van der Waals surface area contributed by atoms with Crippen molar-refractivity contribution in [3.8, 4) is 0 Å². The van der Waals surface area contributed by atoms with Crippen molar-refractivity contribution in [1.29, 1.82) is 0 Å². The number of aromatic nitrogens is 1. The van der Waals surface area contributed by atoms with Crippen LogP contribution in [0.15, 0.2) is 77.4 Å². The maximum absolute atomic E-state index is 12.3. The molecule has 0 saturated carbocycles. The van der Waals surface area contributed by atoms with Gasteiger partial charge >= 0.3 is 0 Å². The van der Waals surface area contributed by atoms with Gasteiger partial charge < -0.3 is 10.6 Å². The van der Waals surface area contributed by atoms with Crippen molar-refractivity contribution in [2.24, 2.45) is 0 Å². The first-order valence-electron chi connectivity index (χ1n) is 7.97. The molecule has 0 aliphatic heterocycles. The molecule has 1 aromatic heterocycles. The lowest BCUT2D eigenvalue weighted by Crippen LogP contribution is -2.14. The molecule has 0 bridgehead atoms. The number of pyridine rings is 1. The van der Waals surface area contributed by atoms with Gasteiger partial charge in [-0.1, -0.05) is 42.5 Å². The fraction of sp³-hybridized carbons (Fsp3) is 0.100. The zero-order chi connectivity index (χ0) is 17.6. The number of nitrogens with one attached hydrogen (secondary N) is 2. The van der Waals surface area contributed by atoms with Crippen molar-refractivity contribution in [2.45, 2.75) is 13.0 Å². The number of anilines is 2. The second-order valence-corrected chi connectivity index (χ2v) is 6.50. The molecule has 2 N–H and O–H groups in total. The van der Waals surface area contributed by atoms with E-state index in [-0.39, 0.29) is 11.9 Å². The van der Waals surface area contributed by atoms with Crippen LogP contribution in [0.25, 0.3) is 0 Å². The zero-order valence-electron chi connectivity index (χ0n) is 13.7. The monoisotopic (exact) mass is 395 g/mol. The quantitative estimate of drug-likeness (QED) is 0.618. The predicted octanol–water partition coefficient (Wildman–Crippen LogP) is 5.27. The number of carbonyl (C=O) groups excluding carboxylic acids is 1. The Labute approximate surface area is 155 Å². The van der Waals surface area contributed by atoms with Gasteiger partial charge in [0.2, 0.25) is 0 Å². The number of halogens is 1. The molecule has 0 saturated heterocycles. The summed E-state index contributed by atoms with van der Waals surface area (Å²) in [6.07, 6.45) is 1.67. The average molecular weight is 396 g/mol. The van der Waals surface area contributed by atoms with Crippen molar-refractivity contribution in [3.63, 3.8) is 0 Å². The zero-order valence-corrected chi connectivity index (χ0v) is 15.3. The highest BCUT2D eigenvalue weighted by atomic mass is 79.9. The molecule has 126 valence electrons. The minimum atomic E-state index is -0.241. The molecule has 0 fully saturated rings. The minimum absolute atomic E-state index is 0.156. The van der Waals surface area contributed by atoms with Crippen LogP contribution in [-0.2, 0) is 0 Å². The Kier molecular flexibility index (Phi) is 5.46. The maximum atomic E-state index is 12.3. The number of benzene rings is 2. The van der Waals surface area contributed by atoms with Crippen LogP contribution in [0.4, 0.5) is 11.4 Å². The molecule has 3 aromatic rings. The van der Waals surface area contributed by atoms with Crippen molar-refractivity contribution < 1.29 is 4.79 Å². The molecule has 2 aromatic carbocycles. The summed E-state index contributed by atoms with van der Waals surface area (Å²) in [6, 6.07) is 21.4. The lowest BCUT2D eigenvalue weighted by molar-refractivity contribution is 0.102. The molecule has 1 unspecified atom stereocenters. The van der Waals surface area contributed by atoms with E-state index in [1.54, 1.807) is 12.3 Å². The fourth-order valence-electron chi connectivity index (χ4n) is 2.44. The second-order valence-electron chi connectivity index (χ2n) is 5.64. The lowest BCUT2D eigenvalue weighted by Gasteiger charge is -2.15. The van der Waals surface area contributed by atoms with Gasteiger partial charge in [-0.15, -0.1) is 0 Å². The molecule has 25 heavy (non-hydrogen) atoms. The molecular weight excluding hydrogens is 378 g/mol. The van der Waals surface area contributed by atoms with Crippen LogP contribution in [-0.4, -0.2) is 10.9 Å². The molecule has 0 radical (unpaired) electrons. The molecule has 1 amide bonds. The van der Waals surface area contributed by atoms with Gasteiger partial charge in [-0.05, 0) is 52.7 Å². The summed E-state index contributed by atoms with van der Waals surface area (Å²) in [5.41, 5.74) is 3.15. The van der Waals surface area contributed by atoms with E-state index >= 15 is 0 Å². The lowest BCUT2D eigenvalue weighted by atomic mass is 10.1. The fourth-order valence-corrected chi connectivity index (χ4v) is 2.82. The van der Waals surface area contributed by atoms with Crippen LogP contribution in [0.2, 0.25) is 0 Å². The third-order valence-electron chi connectivity index (χ3n) is 3.80. The van der Waals surface area contributed by atoms with Crippen molar-refractivity contribution in [3.05, 3.63) is 88.7 Å². The summed E-state index contributed by atoms with van der Waals surface area (Å²) in [4.78, 5) is 16.6. The van der Waals surface area contributed by atoms with E-state index in [0.29, 0.717) is 11.4 Å². The van der Waals surface area contributed by atoms with Crippen LogP contribution in [0.5, 0.6) is 0 Å². The molecule has 0 spiro atoms. The molecule has 1 heterocycles. The topological polar surface area (TPSA) is 54.0 Å². The predicted molar refractivity (Wildman–Crippen MR) is 105 cm³/mol. The Morgan fingerprint density at radius 1 is 1.00 bits per heavy atom. The van der Waals surface area contributed by atoms with E-state index in [9.17, 15) is 4.79 Å². The van der Waals surface area contributed by atoms with Gasteiger partial charge in [0, 0.05) is 10.5 Å². The third kappa shape index (κ3) is 4.45. The Balaban J connectivity index is 1.66. The Morgan fingerprint density at radius 3 is 2.40 bits per heavy atom. The van der Waals surface area contributed by atoms with E-state index in [0.717, 1.165) is 10.2 Å². The van der Waals surface area contributed by atoms with E-state index in [1.807, 2.05) is 48.5 Å². The van der Waals surface area contributed by atoms with E-state index in [2.05, 4.69) is 50.6 Å². The Hall–Kier alpha value is -2.66. The first-order valence-corrected chi connectivity index (χ1v) is 8.76. The van der Waals surface area contributed by atoms with E-state index < -0.39 is 0 Å². The van der Waals surface area contributed by atoms with Crippen molar-refractivity contribution in [2.75, 3.05) is 10.6 Å². The normalized spacial score (nSPS) is 11.6. The number of carbonyl (C=O) groups is 1. The summed E-state index contributed by atoms with van der Waals surface area (Å²) in [5, 5.41) is 6.23. The molecule has 0 aliphatic rings. The minimum Gasteiger partial charge on any atom is -0.377 e. The highest BCUT2D eigenvalue weighted by Gasteiger charge is 2.10. The standard InChI is InChI=1S/C20H18BrN3O/c1-14(15-7-3-2-4-8-15)23-16-11-12-19(22-13-16)20(25)24-18-10-6-5-9-17(18)21/h2-14,23H,1H3,(H,24,25). The summed E-state index contributed by atoms with van der Waals surface area (Å²) in [6.45, 7) is 2.09. The SMILES string of the molecule is CC(Nc1ccc(C(=O)Nc2ccccc2Br)nc1)c1ccccc1. The van der Waals surface area contributed by atoms with E-state index in [1.165, 1.54) is 5.56 Å². The highest BCUT2D eigenvalue weighted by Crippen LogP contribution is 2.22. The molecule has 4 nitrogen and oxygen atoms in total. The van der Waals surface area contributed by atoms with Crippen LogP contribution in [0.3, 0.4) is 0 Å². The highest BCUT2D eigenvalue weighted by molar-refractivity contribution is 9.10. The van der Waals surface area contributed by atoms with Crippen LogP contribution in [0.1, 0.15) is 29.0 Å². The van der Waals surface area contributed by atoms with E-state index in [4.69, 9.17) is 0 Å². The Morgan fingerprint density at radius 2 is 1.72 bits per heavy atom. The largest absolute Gasteiger partial charge is 0.377 e. The number of amides is 1. The van der Waals surface area contributed by atoms with Gasteiger partial charge in [-0.3, -0.25) is 4.79 Å². The van der Waals surface area contributed by atoms with Crippen molar-refractivity contribution in [1.82, 2.24) is 4.98 Å². The first kappa shape index (κ1) is 17.2. The third-order valence-corrected chi connectivity index (χ3v) is 4.49.